The first-order chi connectivity index (χ1) is 14.4. The molecule has 2 rings (SSSR count). The number of nitrogens with one attached hydrogen (secondary N) is 1. The summed E-state index contributed by atoms with van der Waals surface area (Å²) in [6.45, 7) is -4.60. The smallest absolute Gasteiger partial charge is 0.336 e. The fraction of sp³-hybridized carbons (Fsp3) is 0.368. The molecule has 27 heavy (non-hydrogen) atoms. The monoisotopic (exact) mass is 398 g/mol. The Morgan fingerprint density at radius 2 is 2.07 bits per heavy atom. The Hall–Kier alpha value is -2.35. The molecule has 1 aliphatic rings. The highest BCUT2D eigenvalue weighted by Crippen LogP contribution is 2.40. The fourth-order valence-corrected chi connectivity index (χ4v) is 2.95. The highest BCUT2D eigenvalue weighted by molar-refractivity contribution is 6.31. The zero-order valence-electron chi connectivity index (χ0n) is 18.9. The van der Waals surface area contributed by atoms with Gasteiger partial charge in [-0.3, -0.25) is 0 Å². The lowest BCUT2D eigenvalue weighted by atomic mass is 9.82. The van der Waals surface area contributed by atoms with Crippen LogP contribution in [0.15, 0.2) is 47.3 Å². The first kappa shape index (κ1) is 15.7. The van der Waals surface area contributed by atoms with Crippen molar-refractivity contribution in [1.29, 1.82) is 0 Å². The van der Waals surface area contributed by atoms with Gasteiger partial charge < -0.3 is 25.3 Å². The molecule has 1 unspecified atom stereocenters. The second kappa shape index (κ2) is 10.1. The topological polar surface area (TPSA) is 99.9 Å². The lowest BCUT2D eigenvalue weighted by Crippen LogP contribution is -2.32. The van der Waals surface area contributed by atoms with Crippen LogP contribution in [-0.2, 0) is 23.8 Å². The highest BCUT2D eigenvalue weighted by Gasteiger charge is 2.37. The average Bonchev–Trinajstić information content (AvgIpc) is 2.70. The molecule has 8 heteroatoms. The van der Waals surface area contributed by atoms with E-state index in [0.29, 0.717) is 5.56 Å². The van der Waals surface area contributed by atoms with Crippen molar-refractivity contribution in [2.24, 2.45) is 5.73 Å². The van der Waals surface area contributed by atoms with Gasteiger partial charge in [0.2, 0.25) is 0 Å². The van der Waals surface area contributed by atoms with E-state index in [1.807, 2.05) is 0 Å². The molecule has 1 atom stereocenters. The van der Waals surface area contributed by atoms with Crippen molar-refractivity contribution in [2.75, 3.05) is 33.4 Å². The van der Waals surface area contributed by atoms with Crippen molar-refractivity contribution in [3.63, 3.8) is 0 Å². The van der Waals surface area contributed by atoms with Gasteiger partial charge in [0.05, 0.1) is 52.4 Å². The molecule has 7 nitrogen and oxygen atoms in total. The quantitative estimate of drug-likeness (QED) is 0.645. The molecular formula is C19H23ClN2O5. The van der Waals surface area contributed by atoms with Gasteiger partial charge in [-0.2, -0.15) is 0 Å². The van der Waals surface area contributed by atoms with Gasteiger partial charge >= 0.3 is 11.9 Å². The molecule has 1 aliphatic heterocycles. The molecule has 1 aromatic carbocycles. The summed E-state index contributed by atoms with van der Waals surface area (Å²) in [5.74, 6) is -2.50. The Balaban J connectivity index is 2.61. The molecule has 0 bridgehead atoms. The summed E-state index contributed by atoms with van der Waals surface area (Å²) in [6.07, 6.45) is 1.30. The van der Waals surface area contributed by atoms with Crippen molar-refractivity contribution in [3.05, 3.63) is 57.9 Å². The van der Waals surface area contributed by atoms with Gasteiger partial charge in [0.25, 0.3) is 0 Å². The van der Waals surface area contributed by atoms with E-state index < -0.39 is 37.5 Å². The van der Waals surface area contributed by atoms with E-state index in [9.17, 15) is 9.59 Å². The van der Waals surface area contributed by atoms with Crippen LogP contribution in [0.4, 0.5) is 0 Å². The van der Waals surface area contributed by atoms with Crippen LogP contribution in [0.5, 0.6) is 0 Å². The minimum Gasteiger partial charge on any atom is -0.466 e. The van der Waals surface area contributed by atoms with E-state index in [2.05, 4.69) is 5.32 Å². The Morgan fingerprint density at radius 3 is 2.70 bits per heavy atom. The minimum absolute atomic E-state index is 0.0369. The Morgan fingerprint density at radius 1 is 1.33 bits per heavy atom. The second-order valence-corrected chi connectivity index (χ2v) is 5.75. The van der Waals surface area contributed by atoms with E-state index in [4.69, 9.17) is 37.0 Å². The molecule has 0 amide bonds. The Kier molecular flexibility index (Phi) is 5.87. The fourth-order valence-electron chi connectivity index (χ4n) is 2.70. The van der Waals surface area contributed by atoms with Gasteiger partial charge in [-0.15, -0.1) is 0 Å². The van der Waals surface area contributed by atoms with Gasteiger partial charge in [0.1, 0.15) is 0 Å². The zero-order valence-corrected chi connectivity index (χ0v) is 15.6. The lowest BCUT2D eigenvalue weighted by molar-refractivity contribution is -0.139. The molecule has 0 aliphatic carbocycles. The van der Waals surface area contributed by atoms with Gasteiger partial charge in [-0.25, -0.2) is 9.59 Å². The van der Waals surface area contributed by atoms with Gasteiger partial charge in [0.15, 0.2) is 0 Å². The third kappa shape index (κ3) is 4.88. The zero-order chi connectivity index (χ0) is 23.4. The minimum atomic E-state index is -2.87. The number of rotatable bonds is 8. The summed E-state index contributed by atoms with van der Waals surface area (Å²) in [4.78, 5) is 25.3. The molecule has 3 N–H and O–H groups in total. The number of ether oxygens (including phenoxy) is 3. The van der Waals surface area contributed by atoms with E-state index in [0.717, 1.165) is 0 Å². The molecule has 0 saturated carbocycles. The van der Waals surface area contributed by atoms with E-state index in [1.54, 1.807) is 31.2 Å². The number of hydrogen-bond acceptors (Lipinski definition) is 7. The molecule has 1 aromatic rings. The van der Waals surface area contributed by atoms with Crippen LogP contribution >= 0.6 is 11.6 Å². The molecular weight excluding hydrogens is 372 g/mol. The maximum Gasteiger partial charge on any atom is 0.336 e. The van der Waals surface area contributed by atoms with Crippen LogP contribution in [-0.4, -0.2) is 45.3 Å². The number of benzene rings is 1. The van der Waals surface area contributed by atoms with Crippen molar-refractivity contribution < 1.29 is 29.3 Å². The summed E-state index contributed by atoms with van der Waals surface area (Å²) in [7, 11) is 1.19. The molecule has 0 fully saturated rings. The average molecular weight is 399 g/mol. The predicted octanol–water partition coefficient (Wildman–Crippen LogP) is 1.88. The third-order valence-electron chi connectivity index (χ3n) is 3.81. The Bertz CT molecular complexity index is 915. The number of carbonyl (C=O) groups is 2. The second-order valence-electron chi connectivity index (χ2n) is 5.34. The number of esters is 2. The van der Waals surface area contributed by atoms with Gasteiger partial charge in [-0.05, 0) is 18.6 Å². The molecule has 0 aromatic heterocycles. The largest absolute Gasteiger partial charge is 0.466 e. The highest BCUT2D eigenvalue weighted by atomic mass is 35.5. The molecule has 0 saturated heterocycles. The summed E-state index contributed by atoms with van der Waals surface area (Å²) in [5.41, 5.74) is 5.70. The number of dihydropyridines is 1. The SMILES string of the molecule is [2H]C([2H])(N)C([2H])([2H])OCC1=C(C(=O)OCC)C(c2ccccc2Cl)C(C(=O)OC)=CN1. The Labute approximate surface area is 168 Å². The van der Waals surface area contributed by atoms with Crippen molar-refractivity contribution in [1.82, 2.24) is 5.32 Å². The molecule has 1 heterocycles. The maximum atomic E-state index is 12.9. The van der Waals surface area contributed by atoms with Crippen molar-refractivity contribution >= 4 is 23.5 Å². The first-order valence-corrected chi connectivity index (χ1v) is 8.44. The number of carbonyl (C=O) groups excluding carboxylic acids is 2. The van der Waals surface area contributed by atoms with Gasteiger partial charge in [0, 0.05) is 20.5 Å². The van der Waals surface area contributed by atoms with Crippen LogP contribution in [0.1, 0.15) is 23.9 Å². The third-order valence-corrected chi connectivity index (χ3v) is 4.15. The predicted molar refractivity (Wildman–Crippen MR) is 101 cm³/mol. The number of nitrogens with two attached hydrogens (primary N) is 1. The summed E-state index contributed by atoms with van der Waals surface area (Å²) in [5, 5.41) is 3.01. The number of methoxy groups -OCH3 is 1. The van der Waals surface area contributed by atoms with Crippen LogP contribution < -0.4 is 11.1 Å². The normalized spacial score (nSPS) is 19.7. The molecule has 0 spiro atoms. The molecule has 146 valence electrons. The lowest BCUT2D eigenvalue weighted by Gasteiger charge is -2.29. The van der Waals surface area contributed by atoms with Gasteiger partial charge in [-0.1, -0.05) is 29.8 Å². The van der Waals surface area contributed by atoms with Crippen molar-refractivity contribution in [3.8, 4) is 0 Å². The standard InChI is InChI=1S/C19H23ClN2O5/c1-3-27-19(24)17-15(11-26-9-8-21)22-10-13(18(23)25-2)16(17)12-6-4-5-7-14(12)20/h4-7,10,16,22H,3,8-9,11,21H2,1-2H3/i8D2,9D2. The number of halogens is 1. The maximum absolute atomic E-state index is 12.9. The van der Waals surface area contributed by atoms with Crippen LogP contribution in [0.25, 0.3) is 0 Å². The van der Waals surface area contributed by atoms with Crippen LogP contribution in [0.3, 0.4) is 0 Å². The van der Waals surface area contributed by atoms with Crippen LogP contribution in [0, 0.1) is 0 Å². The summed E-state index contributed by atoms with van der Waals surface area (Å²) in [6, 6.07) is 6.59. The van der Waals surface area contributed by atoms with E-state index >= 15 is 0 Å². The molecule has 0 radical (unpaired) electrons. The van der Waals surface area contributed by atoms with E-state index in [1.165, 1.54) is 13.3 Å². The van der Waals surface area contributed by atoms with Crippen LogP contribution in [0.2, 0.25) is 5.02 Å². The number of hydrogen-bond donors (Lipinski definition) is 2. The summed E-state index contributed by atoms with van der Waals surface area (Å²) < 4.78 is 45.2. The van der Waals surface area contributed by atoms with Crippen molar-refractivity contribution in [2.45, 2.75) is 12.8 Å². The summed E-state index contributed by atoms with van der Waals surface area (Å²) >= 11 is 6.34. The van der Waals surface area contributed by atoms with E-state index in [-0.39, 0.29) is 28.5 Å². The first-order valence-electron chi connectivity index (χ1n) is 10.1.